The van der Waals surface area contributed by atoms with Gasteiger partial charge < -0.3 is 19.3 Å². The number of aromatic nitrogens is 2. The molecule has 1 N–H and O–H groups in total. The summed E-state index contributed by atoms with van der Waals surface area (Å²) in [4.78, 5) is 40.7. The highest BCUT2D eigenvalue weighted by Gasteiger charge is 2.48. The first-order chi connectivity index (χ1) is 22.3. The van der Waals surface area contributed by atoms with E-state index in [1.807, 2.05) is 18.2 Å². The topological polar surface area (TPSA) is 128 Å². The molecule has 0 radical (unpaired) electrons. The van der Waals surface area contributed by atoms with Gasteiger partial charge in [-0.3, -0.25) is 14.5 Å². The van der Waals surface area contributed by atoms with Crippen molar-refractivity contribution in [2.45, 2.75) is 16.1 Å². The molecule has 232 valence electrons. The van der Waals surface area contributed by atoms with Gasteiger partial charge in [0, 0.05) is 11.3 Å². The lowest BCUT2D eigenvalue weighted by atomic mass is 9.94. The minimum atomic E-state index is -1.07. The average Bonchev–Trinajstić information content (AvgIpc) is 3.67. The maximum Gasteiger partial charge on any atom is 0.337 e. The van der Waals surface area contributed by atoms with Gasteiger partial charge >= 0.3 is 11.9 Å². The Balaban J connectivity index is 1.39. The number of ketones is 1. The zero-order valence-electron chi connectivity index (χ0n) is 24.9. The van der Waals surface area contributed by atoms with Gasteiger partial charge in [0.1, 0.15) is 5.76 Å². The van der Waals surface area contributed by atoms with Crippen molar-refractivity contribution in [3.8, 4) is 11.5 Å². The number of ether oxygens (including phenoxy) is 3. The maximum atomic E-state index is 13.7. The van der Waals surface area contributed by atoms with Crippen LogP contribution < -0.4 is 14.4 Å². The first kappa shape index (κ1) is 30.8. The zero-order chi connectivity index (χ0) is 32.4. The Morgan fingerprint density at radius 2 is 1.61 bits per heavy atom. The fourth-order valence-corrected chi connectivity index (χ4v) is 7.19. The number of fused-ring (bicyclic) bond motifs is 1. The van der Waals surface area contributed by atoms with Crippen molar-refractivity contribution < 1.29 is 33.7 Å². The van der Waals surface area contributed by atoms with Crippen molar-refractivity contribution >= 4 is 62.4 Å². The summed E-state index contributed by atoms with van der Waals surface area (Å²) in [5.41, 5.74) is 1.97. The Morgan fingerprint density at radius 3 is 2.35 bits per heavy atom. The molecule has 1 fully saturated rings. The average molecular weight is 654 g/mol. The lowest BCUT2D eigenvalue weighted by Gasteiger charge is -2.22. The summed E-state index contributed by atoms with van der Waals surface area (Å²) in [6.45, 7) is 0. The molecule has 1 aliphatic heterocycles. The monoisotopic (exact) mass is 653 g/mol. The molecule has 1 aromatic heterocycles. The van der Waals surface area contributed by atoms with E-state index in [0.717, 1.165) is 16.3 Å². The number of carbonyl (C=O) groups excluding carboxylic acids is 3. The number of rotatable bonds is 9. The van der Waals surface area contributed by atoms with Gasteiger partial charge in [-0.15, -0.1) is 10.2 Å². The SMILES string of the molecule is COC(=O)c1ccc(C2/C(=C(/O)c3ccc(OC)c(OC)c3)C(=O)C(=O)N2c2nnc(SCc3cccc4ccccc34)s2)cc1. The van der Waals surface area contributed by atoms with Crippen molar-refractivity contribution in [3.05, 3.63) is 113 Å². The molecule has 4 aromatic carbocycles. The number of aliphatic hydroxyl groups excluding tert-OH is 1. The van der Waals surface area contributed by atoms with Crippen LogP contribution in [0.15, 0.2) is 94.8 Å². The van der Waals surface area contributed by atoms with Crippen molar-refractivity contribution in [1.82, 2.24) is 10.2 Å². The first-order valence-corrected chi connectivity index (χ1v) is 15.8. The molecular formula is C34H27N3O7S2. The lowest BCUT2D eigenvalue weighted by molar-refractivity contribution is -0.132. The molecule has 0 bridgehead atoms. The predicted octanol–water partition coefficient (Wildman–Crippen LogP) is 6.41. The van der Waals surface area contributed by atoms with E-state index >= 15 is 0 Å². The molecule has 1 unspecified atom stereocenters. The summed E-state index contributed by atoms with van der Waals surface area (Å²) < 4.78 is 16.1. The van der Waals surface area contributed by atoms with Crippen LogP contribution in [0.5, 0.6) is 11.5 Å². The van der Waals surface area contributed by atoms with Crippen LogP contribution in [0.25, 0.3) is 16.5 Å². The van der Waals surface area contributed by atoms with Gasteiger partial charge in [-0.2, -0.15) is 0 Å². The second kappa shape index (κ2) is 13.0. The summed E-state index contributed by atoms with van der Waals surface area (Å²) in [7, 11) is 4.21. The Labute approximate surface area is 272 Å². The first-order valence-electron chi connectivity index (χ1n) is 14.0. The number of esters is 1. The van der Waals surface area contributed by atoms with E-state index in [1.54, 1.807) is 24.3 Å². The van der Waals surface area contributed by atoms with E-state index in [2.05, 4.69) is 34.5 Å². The van der Waals surface area contributed by atoms with Crippen LogP contribution in [0.3, 0.4) is 0 Å². The van der Waals surface area contributed by atoms with Crippen LogP contribution in [0.1, 0.15) is 33.1 Å². The molecular weight excluding hydrogens is 627 g/mol. The summed E-state index contributed by atoms with van der Waals surface area (Å²) in [5, 5.41) is 22.6. The van der Waals surface area contributed by atoms with Crippen LogP contribution in [0.4, 0.5) is 5.13 Å². The van der Waals surface area contributed by atoms with Crippen molar-refractivity contribution in [1.29, 1.82) is 0 Å². The summed E-state index contributed by atoms with van der Waals surface area (Å²) in [6.07, 6.45) is 0. The fourth-order valence-electron chi connectivity index (χ4n) is 5.32. The van der Waals surface area contributed by atoms with E-state index in [4.69, 9.17) is 14.2 Å². The van der Waals surface area contributed by atoms with Crippen LogP contribution in [-0.2, 0) is 20.1 Å². The van der Waals surface area contributed by atoms with Gasteiger partial charge in [-0.25, -0.2) is 4.79 Å². The molecule has 1 saturated heterocycles. The number of carbonyl (C=O) groups is 3. The van der Waals surface area contributed by atoms with E-state index < -0.39 is 29.5 Å². The van der Waals surface area contributed by atoms with Crippen molar-refractivity contribution in [3.63, 3.8) is 0 Å². The van der Waals surface area contributed by atoms with Crippen molar-refractivity contribution in [2.75, 3.05) is 26.2 Å². The highest BCUT2D eigenvalue weighted by atomic mass is 32.2. The molecule has 10 nitrogen and oxygen atoms in total. The standard InChI is InChI=1S/C34H27N3O7S2/c1-42-25-16-15-22(17-26(25)43-2)29(38)27-28(20-11-13-21(14-12-20)32(41)44-3)37(31(40)30(27)39)33-35-36-34(46-33)45-18-23-9-6-8-19-7-4-5-10-24(19)23/h4-17,28,38H,18H2,1-3H3/b29-27-. The molecule has 46 heavy (non-hydrogen) atoms. The fraction of sp³-hybridized carbons (Fsp3) is 0.147. The summed E-state index contributed by atoms with van der Waals surface area (Å²) in [5.74, 6) is -1.33. The second-order valence-electron chi connectivity index (χ2n) is 10.1. The third-order valence-corrected chi connectivity index (χ3v) is 9.69. The normalized spacial score (nSPS) is 15.7. The Morgan fingerprint density at radius 1 is 0.891 bits per heavy atom. The third kappa shape index (κ3) is 5.68. The Kier molecular flexibility index (Phi) is 8.73. The number of benzene rings is 4. The molecule has 0 spiro atoms. The third-order valence-electron chi connectivity index (χ3n) is 7.58. The van der Waals surface area contributed by atoms with Crippen LogP contribution in [0.2, 0.25) is 0 Å². The van der Waals surface area contributed by atoms with E-state index in [9.17, 15) is 19.5 Å². The molecule has 5 aromatic rings. The summed E-state index contributed by atoms with van der Waals surface area (Å²) >= 11 is 2.64. The smallest absolute Gasteiger partial charge is 0.337 e. The zero-order valence-corrected chi connectivity index (χ0v) is 26.6. The molecule has 2 heterocycles. The predicted molar refractivity (Wildman–Crippen MR) is 176 cm³/mol. The molecule has 6 rings (SSSR count). The van der Waals surface area contributed by atoms with Gasteiger partial charge in [0.25, 0.3) is 5.78 Å². The number of amides is 1. The lowest BCUT2D eigenvalue weighted by Crippen LogP contribution is -2.29. The number of hydrogen-bond donors (Lipinski definition) is 1. The largest absolute Gasteiger partial charge is 0.507 e. The van der Waals surface area contributed by atoms with Gasteiger partial charge in [0.05, 0.1) is 38.5 Å². The Hall–Kier alpha value is -5.20. The number of methoxy groups -OCH3 is 3. The number of Topliss-reactive ketones (excluding diaryl/α,β-unsaturated/α-hetero) is 1. The van der Waals surface area contributed by atoms with Gasteiger partial charge in [0.2, 0.25) is 5.13 Å². The van der Waals surface area contributed by atoms with Gasteiger partial charge in [0.15, 0.2) is 15.8 Å². The van der Waals surface area contributed by atoms with E-state index in [0.29, 0.717) is 27.2 Å². The quantitative estimate of drug-likeness (QED) is 0.0476. The van der Waals surface area contributed by atoms with Crippen LogP contribution >= 0.6 is 23.1 Å². The molecule has 0 saturated carbocycles. The highest BCUT2D eigenvalue weighted by Crippen LogP contribution is 2.45. The number of hydrogen-bond acceptors (Lipinski definition) is 11. The molecule has 1 amide bonds. The van der Waals surface area contributed by atoms with E-state index in [-0.39, 0.29) is 21.8 Å². The van der Waals surface area contributed by atoms with Crippen molar-refractivity contribution in [2.24, 2.45) is 0 Å². The van der Waals surface area contributed by atoms with E-state index in [1.165, 1.54) is 67.5 Å². The summed E-state index contributed by atoms with van der Waals surface area (Å²) in [6, 6.07) is 24.1. The van der Waals surface area contributed by atoms with Gasteiger partial charge in [-0.1, -0.05) is 77.7 Å². The van der Waals surface area contributed by atoms with Crippen LogP contribution in [-0.4, -0.2) is 54.3 Å². The number of nitrogens with zero attached hydrogens (tertiary/aromatic N) is 3. The maximum absolute atomic E-state index is 13.7. The molecule has 12 heteroatoms. The second-order valence-corrected chi connectivity index (χ2v) is 12.3. The minimum Gasteiger partial charge on any atom is -0.507 e. The molecule has 0 aliphatic carbocycles. The molecule has 1 atom stereocenters. The number of thioether (sulfide) groups is 1. The highest BCUT2D eigenvalue weighted by molar-refractivity contribution is 8.00. The number of aliphatic hydroxyl groups is 1. The molecule has 1 aliphatic rings. The minimum absolute atomic E-state index is 0.150. The Bertz CT molecular complexity index is 2000. The number of anilines is 1. The van der Waals surface area contributed by atoms with Crippen LogP contribution in [0, 0.1) is 0 Å². The van der Waals surface area contributed by atoms with Gasteiger partial charge in [-0.05, 0) is 52.2 Å².